The molecule has 12 heteroatoms. The average molecular weight is 585 g/mol. The van der Waals surface area contributed by atoms with Crippen LogP contribution in [0.3, 0.4) is 0 Å². The minimum atomic E-state index is -4.61. The predicted molar refractivity (Wildman–Crippen MR) is 147 cm³/mol. The molecule has 1 fully saturated rings. The van der Waals surface area contributed by atoms with Gasteiger partial charge in [0.15, 0.2) is 0 Å². The number of halogens is 5. The fourth-order valence-electron chi connectivity index (χ4n) is 4.27. The number of para-hydroxylation sites is 1. The van der Waals surface area contributed by atoms with E-state index in [2.05, 4.69) is 10.3 Å². The van der Waals surface area contributed by atoms with Crippen molar-refractivity contribution in [3.63, 3.8) is 0 Å². The molecule has 1 amide bonds. The Bertz CT molecular complexity index is 1270. The van der Waals surface area contributed by atoms with Crippen molar-refractivity contribution in [2.45, 2.75) is 19.0 Å². The summed E-state index contributed by atoms with van der Waals surface area (Å²) in [4.78, 5) is 29.6. The average Bonchev–Trinajstić information content (AvgIpc) is 2.92. The van der Waals surface area contributed by atoms with Gasteiger partial charge in [0.1, 0.15) is 0 Å². The molecular weight excluding hydrogens is 556 g/mol. The van der Waals surface area contributed by atoms with E-state index in [4.69, 9.17) is 4.74 Å². The van der Waals surface area contributed by atoms with Crippen molar-refractivity contribution in [3.05, 3.63) is 94.8 Å². The number of hydrazine groups is 1. The lowest BCUT2D eigenvalue weighted by Gasteiger charge is -2.38. The van der Waals surface area contributed by atoms with Crippen molar-refractivity contribution in [2.75, 3.05) is 38.3 Å². The second-order valence-electron chi connectivity index (χ2n) is 8.61. The molecule has 4 rings (SSSR count). The maximum absolute atomic E-state index is 13.9. The maximum atomic E-state index is 13.9. The Balaban J connectivity index is 0.00000267. The number of methoxy groups -OCH3 is 1. The molecule has 0 atom stereocenters. The number of carbonyl (C=O) groups excluding carboxylic acids is 2. The van der Waals surface area contributed by atoms with Crippen LogP contribution in [0.25, 0.3) is 0 Å². The van der Waals surface area contributed by atoms with Crippen molar-refractivity contribution in [3.8, 4) is 0 Å². The molecule has 1 aromatic heterocycles. The molecule has 7 nitrogen and oxygen atoms in total. The quantitative estimate of drug-likeness (QED) is 0.395. The molecule has 1 saturated heterocycles. The van der Waals surface area contributed by atoms with E-state index >= 15 is 0 Å². The van der Waals surface area contributed by atoms with Gasteiger partial charge in [-0.3, -0.25) is 9.78 Å². The van der Waals surface area contributed by atoms with Gasteiger partial charge >= 0.3 is 12.1 Å². The number of hydrogen-bond acceptors (Lipinski definition) is 6. The van der Waals surface area contributed by atoms with Gasteiger partial charge in [0, 0.05) is 44.1 Å². The summed E-state index contributed by atoms with van der Waals surface area (Å²) < 4.78 is 46.3. The van der Waals surface area contributed by atoms with Crippen LogP contribution >= 0.6 is 24.8 Å². The number of anilines is 1. The topological polar surface area (TPSA) is 74.8 Å². The highest BCUT2D eigenvalue weighted by atomic mass is 35.5. The highest BCUT2D eigenvalue weighted by Crippen LogP contribution is 2.37. The Hall–Kier alpha value is -3.18. The van der Waals surface area contributed by atoms with Crippen LogP contribution < -0.4 is 10.3 Å². The summed E-state index contributed by atoms with van der Waals surface area (Å²) >= 11 is 0. The number of ether oxygens (including phenoxy) is 1. The van der Waals surface area contributed by atoms with Crippen molar-refractivity contribution in [1.29, 1.82) is 0 Å². The largest absolute Gasteiger partial charge is 0.465 e. The third-order valence-corrected chi connectivity index (χ3v) is 6.10. The van der Waals surface area contributed by atoms with E-state index in [-0.39, 0.29) is 36.1 Å². The number of alkyl halides is 3. The molecule has 210 valence electrons. The Kier molecular flexibility index (Phi) is 11.7. The standard InChI is InChI=1S/C27H27F3N4O3.2ClH/c1-37-26(36)22-16-20(17-32-18-22)10-9-19-5-4-6-21(15-19)25(35)34(33-13-11-31-12-14-33)24-8-3-2-7-23(24)27(28,29)30;;/h2-8,15-18,31H,9-14H2,1H3;2*1H. The number of nitrogens with zero attached hydrogens (tertiary/aromatic N) is 3. The van der Waals surface area contributed by atoms with E-state index in [0.29, 0.717) is 44.6 Å². The minimum absolute atomic E-state index is 0. The van der Waals surface area contributed by atoms with E-state index < -0.39 is 23.6 Å². The SMILES string of the molecule is COC(=O)c1cncc(CCc2cccc(C(=O)N(c3ccccc3C(F)(F)F)N3CCNCC3)c2)c1.Cl.Cl. The highest BCUT2D eigenvalue weighted by Gasteiger charge is 2.38. The van der Waals surface area contributed by atoms with Crippen LogP contribution in [0.1, 0.15) is 37.4 Å². The van der Waals surface area contributed by atoms with Crippen LogP contribution in [0.5, 0.6) is 0 Å². The van der Waals surface area contributed by atoms with E-state index in [1.165, 1.54) is 31.5 Å². The Morgan fingerprint density at radius 1 is 0.949 bits per heavy atom. The first kappa shape index (κ1) is 32.0. The fourth-order valence-corrected chi connectivity index (χ4v) is 4.27. The summed E-state index contributed by atoms with van der Waals surface area (Å²) in [6.45, 7) is 1.88. The zero-order valence-corrected chi connectivity index (χ0v) is 22.7. The van der Waals surface area contributed by atoms with Crippen molar-refractivity contribution < 1.29 is 27.5 Å². The molecule has 0 aliphatic carbocycles. The van der Waals surface area contributed by atoms with Gasteiger partial charge in [0.05, 0.1) is 23.9 Å². The van der Waals surface area contributed by atoms with Gasteiger partial charge in [-0.2, -0.15) is 13.2 Å². The number of amides is 1. The van der Waals surface area contributed by atoms with E-state index in [1.807, 2.05) is 6.07 Å². The summed E-state index contributed by atoms with van der Waals surface area (Å²) in [5, 5.41) is 5.98. The summed E-state index contributed by atoms with van der Waals surface area (Å²) in [5.41, 5.74) is 1.22. The first-order valence-corrected chi connectivity index (χ1v) is 11.9. The first-order valence-electron chi connectivity index (χ1n) is 11.9. The molecular formula is C27H29Cl2F3N4O3. The van der Waals surface area contributed by atoms with Gasteiger partial charge < -0.3 is 10.1 Å². The number of carbonyl (C=O) groups is 2. The molecule has 2 heterocycles. The van der Waals surface area contributed by atoms with Crippen molar-refractivity contribution in [1.82, 2.24) is 15.3 Å². The van der Waals surface area contributed by atoms with Crippen LogP contribution in [0.4, 0.5) is 18.9 Å². The monoisotopic (exact) mass is 584 g/mol. The summed E-state index contributed by atoms with van der Waals surface area (Å²) in [6.07, 6.45) is -0.439. The normalized spacial score (nSPS) is 13.5. The Labute approximate surface area is 237 Å². The summed E-state index contributed by atoms with van der Waals surface area (Å²) in [5.74, 6) is -1.01. The van der Waals surface area contributed by atoms with Crippen LogP contribution in [0, 0.1) is 0 Å². The predicted octanol–water partition coefficient (Wildman–Crippen LogP) is 4.98. The second kappa shape index (κ2) is 14.3. The van der Waals surface area contributed by atoms with Gasteiger partial charge in [-0.15, -0.1) is 24.8 Å². The molecule has 0 saturated carbocycles. The maximum Gasteiger partial charge on any atom is 0.418 e. The first-order chi connectivity index (χ1) is 17.8. The molecule has 1 aliphatic rings. The van der Waals surface area contributed by atoms with Crippen LogP contribution in [-0.2, 0) is 23.8 Å². The molecule has 2 aromatic carbocycles. The zero-order chi connectivity index (χ0) is 26.4. The van der Waals surface area contributed by atoms with Gasteiger partial charge in [-0.25, -0.2) is 14.8 Å². The Morgan fingerprint density at radius 2 is 1.62 bits per heavy atom. The number of piperazine rings is 1. The third kappa shape index (κ3) is 7.92. The summed E-state index contributed by atoms with van der Waals surface area (Å²) in [6, 6.07) is 13.7. The second-order valence-corrected chi connectivity index (χ2v) is 8.61. The van der Waals surface area contributed by atoms with E-state index in [9.17, 15) is 22.8 Å². The number of nitrogens with one attached hydrogen (secondary N) is 1. The minimum Gasteiger partial charge on any atom is -0.465 e. The Morgan fingerprint density at radius 3 is 2.31 bits per heavy atom. The zero-order valence-electron chi connectivity index (χ0n) is 21.1. The number of esters is 1. The number of pyridine rings is 1. The van der Waals surface area contributed by atoms with E-state index in [1.54, 1.807) is 35.5 Å². The lowest BCUT2D eigenvalue weighted by atomic mass is 10.0. The smallest absolute Gasteiger partial charge is 0.418 e. The molecule has 0 radical (unpaired) electrons. The van der Waals surface area contributed by atoms with Gasteiger partial charge in [-0.05, 0) is 54.3 Å². The van der Waals surface area contributed by atoms with Crippen LogP contribution in [0.2, 0.25) is 0 Å². The highest BCUT2D eigenvalue weighted by molar-refractivity contribution is 6.06. The molecule has 0 unspecified atom stereocenters. The molecule has 39 heavy (non-hydrogen) atoms. The lowest BCUT2D eigenvalue weighted by Crippen LogP contribution is -2.55. The van der Waals surface area contributed by atoms with Crippen LogP contribution in [0.15, 0.2) is 67.0 Å². The number of benzene rings is 2. The molecule has 0 spiro atoms. The number of aromatic nitrogens is 1. The van der Waals surface area contributed by atoms with Gasteiger partial charge in [-0.1, -0.05) is 24.3 Å². The molecule has 1 N–H and O–H groups in total. The molecule has 3 aromatic rings. The van der Waals surface area contributed by atoms with Gasteiger partial charge in [0.25, 0.3) is 5.91 Å². The fraction of sp³-hybridized carbons (Fsp3) is 0.296. The lowest BCUT2D eigenvalue weighted by molar-refractivity contribution is -0.137. The number of rotatable bonds is 7. The van der Waals surface area contributed by atoms with E-state index in [0.717, 1.165) is 22.2 Å². The van der Waals surface area contributed by atoms with Gasteiger partial charge in [0.2, 0.25) is 0 Å². The summed E-state index contributed by atoms with van der Waals surface area (Å²) in [7, 11) is 1.30. The van der Waals surface area contributed by atoms with Crippen molar-refractivity contribution in [2.24, 2.45) is 0 Å². The van der Waals surface area contributed by atoms with Crippen molar-refractivity contribution >= 4 is 42.4 Å². The number of aryl methyl sites for hydroxylation is 2. The van der Waals surface area contributed by atoms with Crippen LogP contribution in [-0.4, -0.2) is 55.2 Å². The molecule has 0 bridgehead atoms. The molecule has 1 aliphatic heterocycles. The number of hydrogen-bond donors (Lipinski definition) is 1. The third-order valence-electron chi connectivity index (χ3n) is 6.10.